The molecule has 0 aliphatic heterocycles. The maximum absolute atomic E-state index is 11.7. The van der Waals surface area contributed by atoms with Gasteiger partial charge in [-0.25, -0.2) is 0 Å². The topological polar surface area (TPSA) is 66.8 Å². The van der Waals surface area contributed by atoms with Crippen molar-refractivity contribution in [3.63, 3.8) is 0 Å². The van der Waals surface area contributed by atoms with Crippen LogP contribution in [-0.4, -0.2) is 28.9 Å². The minimum Gasteiger partial charge on any atom is -0.508 e. The van der Waals surface area contributed by atoms with Crippen LogP contribution >= 0.6 is 0 Å². The lowest BCUT2D eigenvalue weighted by molar-refractivity contribution is -0.143. The lowest BCUT2D eigenvalue weighted by Crippen LogP contribution is -2.44. The molecule has 2 saturated carbocycles. The number of aromatic hydroxyl groups is 1. The number of aliphatic hydroxyl groups excluding tert-OH is 1. The van der Waals surface area contributed by atoms with Gasteiger partial charge in [-0.2, -0.15) is 0 Å². The first-order valence-electron chi connectivity index (χ1n) is 11.1. The third-order valence-electron chi connectivity index (χ3n) is 7.97. The Hall–Kier alpha value is -1.55. The standard InChI is InChI=1S/C24H34O4/c1-3-28-22(27)6-4-5-15-13-17(25)14-16-7-8-18-19(23(15)16)11-12-24(2)20(18)9-10-21(24)26/h13-14,18-21,25-26H,3-12H2,1-2H3/t18-,19+,20+,21-,24+/m1/s1. The highest BCUT2D eigenvalue weighted by molar-refractivity contribution is 5.69. The van der Waals surface area contributed by atoms with E-state index in [9.17, 15) is 15.0 Å². The van der Waals surface area contributed by atoms with Gasteiger partial charge in [0.15, 0.2) is 0 Å². The molecule has 3 aliphatic rings. The molecule has 4 heteroatoms. The molecule has 154 valence electrons. The predicted molar refractivity (Wildman–Crippen MR) is 108 cm³/mol. The molecule has 2 fully saturated rings. The highest BCUT2D eigenvalue weighted by Gasteiger charge is 2.54. The van der Waals surface area contributed by atoms with E-state index in [0.717, 1.165) is 51.4 Å². The molecule has 0 heterocycles. The quantitative estimate of drug-likeness (QED) is 0.732. The third-order valence-corrected chi connectivity index (χ3v) is 7.97. The number of aliphatic hydroxyl groups is 1. The van der Waals surface area contributed by atoms with Gasteiger partial charge in [-0.1, -0.05) is 6.92 Å². The lowest BCUT2D eigenvalue weighted by Gasteiger charge is -2.50. The van der Waals surface area contributed by atoms with Crippen molar-refractivity contribution < 1.29 is 19.7 Å². The van der Waals surface area contributed by atoms with Gasteiger partial charge < -0.3 is 14.9 Å². The van der Waals surface area contributed by atoms with E-state index in [0.29, 0.717) is 36.5 Å². The van der Waals surface area contributed by atoms with Crippen molar-refractivity contribution in [1.82, 2.24) is 0 Å². The van der Waals surface area contributed by atoms with Gasteiger partial charge in [-0.05, 0) is 110 Å². The summed E-state index contributed by atoms with van der Waals surface area (Å²) in [6.45, 7) is 4.56. The number of rotatable bonds is 5. The summed E-state index contributed by atoms with van der Waals surface area (Å²) in [5, 5.41) is 20.9. The number of hydrogen-bond donors (Lipinski definition) is 2. The third kappa shape index (κ3) is 3.34. The summed E-state index contributed by atoms with van der Waals surface area (Å²) < 4.78 is 5.06. The monoisotopic (exact) mass is 386 g/mol. The maximum Gasteiger partial charge on any atom is 0.305 e. The number of phenols is 1. The van der Waals surface area contributed by atoms with E-state index in [1.165, 1.54) is 16.7 Å². The summed E-state index contributed by atoms with van der Waals surface area (Å²) in [5.41, 5.74) is 4.05. The van der Waals surface area contributed by atoms with Gasteiger partial charge in [0.2, 0.25) is 0 Å². The number of phenolic OH excluding ortho intramolecular Hbond substituents is 1. The van der Waals surface area contributed by atoms with Crippen LogP contribution in [0, 0.1) is 17.3 Å². The Labute approximate surface area is 168 Å². The summed E-state index contributed by atoms with van der Waals surface area (Å²) >= 11 is 0. The molecule has 4 rings (SSSR count). The van der Waals surface area contributed by atoms with Crippen LogP contribution in [0.2, 0.25) is 0 Å². The predicted octanol–water partition coefficient (Wildman–Crippen LogP) is 4.50. The molecule has 4 nitrogen and oxygen atoms in total. The summed E-state index contributed by atoms with van der Waals surface area (Å²) in [6.07, 6.45) is 8.32. The van der Waals surface area contributed by atoms with Gasteiger partial charge in [0.1, 0.15) is 5.75 Å². The van der Waals surface area contributed by atoms with Crippen molar-refractivity contribution in [2.45, 2.75) is 83.7 Å². The van der Waals surface area contributed by atoms with Gasteiger partial charge in [0.05, 0.1) is 12.7 Å². The Morgan fingerprint density at radius 2 is 2.07 bits per heavy atom. The van der Waals surface area contributed by atoms with Gasteiger partial charge in [-0.3, -0.25) is 4.79 Å². The molecule has 0 amide bonds. The van der Waals surface area contributed by atoms with E-state index < -0.39 is 0 Å². The zero-order valence-corrected chi connectivity index (χ0v) is 17.2. The van der Waals surface area contributed by atoms with Crippen LogP contribution in [0.4, 0.5) is 0 Å². The van der Waals surface area contributed by atoms with E-state index >= 15 is 0 Å². The fourth-order valence-corrected chi connectivity index (χ4v) is 6.65. The van der Waals surface area contributed by atoms with E-state index in [4.69, 9.17) is 4.74 Å². The molecule has 0 radical (unpaired) electrons. The zero-order valence-electron chi connectivity index (χ0n) is 17.2. The highest BCUT2D eigenvalue weighted by atomic mass is 16.5. The largest absolute Gasteiger partial charge is 0.508 e. The zero-order chi connectivity index (χ0) is 19.9. The van der Waals surface area contributed by atoms with Crippen LogP contribution in [-0.2, 0) is 22.4 Å². The van der Waals surface area contributed by atoms with Crippen molar-refractivity contribution >= 4 is 5.97 Å². The lowest BCUT2D eigenvalue weighted by atomic mass is 9.55. The van der Waals surface area contributed by atoms with E-state index in [1.807, 2.05) is 19.1 Å². The molecule has 5 atom stereocenters. The Bertz CT molecular complexity index is 742. The second kappa shape index (κ2) is 7.70. The molecule has 1 aromatic carbocycles. The smallest absolute Gasteiger partial charge is 0.305 e. The van der Waals surface area contributed by atoms with Gasteiger partial charge in [0, 0.05) is 6.42 Å². The molecule has 0 aromatic heterocycles. The second-order valence-electron chi connectivity index (χ2n) is 9.39. The van der Waals surface area contributed by atoms with Crippen LogP contribution in [0.25, 0.3) is 0 Å². The summed E-state index contributed by atoms with van der Waals surface area (Å²) in [4.78, 5) is 11.7. The van der Waals surface area contributed by atoms with Crippen LogP contribution < -0.4 is 0 Å². The van der Waals surface area contributed by atoms with Crippen molar-refractivity contribution in [3.05, 3.63) is 28.8 Å². The molecule has 28 heavy (non-hydrogen) atoms. The first kappa shape index (κ1) is 19.8. The number of carbonyl (C=O) groups is 1. The minimum absolute atomic E-state index is 0.0830. The molecule has 0 spiro atoms. The molecular weight excluding hydrogens is 352 g/mol. The minimum atomic E-state index is -0.149. The van der Waals surface area contributed by atoms with Crippen LogP contribution in [0.5, 0.6) is 5.75 Å². The summed E-state index contributed by atoms with van der Waals surface area (Å²) in [7, 11) is 0. The molecule has 2 N–H and O–H groups in total. The molecule has 0 saturated heterocycles. The Balaban J connectivity index is 1.58. The van der Waals surface area contributed by atoms with Gasteiger partial charge in [-0.15, -0.1) is 0 Å². The van der Waals surface area contributed by atoms with Crippen molar-refractivity contribution in [2.75, 3.05) is 6.61 Å². The van der Waals surface area contributed by atoms with Gasteiger partial charge in [0.25, 0.3) is 0 Å². The van der Waals surface area contributed by atoms with Crippen molar-refractivity contribution in [2.24, 2.45) is 17.3 Å². The van der Waals surface area contributed by atoms with E-state index in [2.05, 4.69) is 6.92 Å². The van der Waals surface area contributed by atoms with Crippen molar-refractivity contribution in [3.8, 4) is 5.75 Å². The van der Waals surface area contributed by atoms with Gasteiger partial charge >= 0.3 is 5.97 Å². The van der Waals surface area contributed by atoms with E-state index in [-0.39, 0.29) is 17.5 Å². The molecule has 3 aliphatic carbocycles. The SMILES string of the molecule is CCOC(=O)CCCc1cc(O)cc2c1[C@H]1CC[C@]3(C)[C@H](O)CC[C@H]3[C@@H]1CC2. The number of aryl methyl sites for hydroxylation is 2. The second-order valence-corrected chi connectivity index (χ2v) is 9.39. The van der Waals surface area contributed by atoms with Crippen LogP contribution in [0.3, 0.4) is 0 Å². The normalized spacial score (nSPS) is 33.7. The van der Waals surface area contributed by atoms with Crippen molar-refractivity contribution in [1.29, 1.82) is 0 Å². The summed E-state index contributed by atoms with van der Waals surface area (Å²) in [5.74, 6) is 1.99. The average molecular weight is 387 g/mol. The fraction of sp³-hybridized carbons (Fsp3) is 0.708. The molecular formula is C24H34O4. The molecule has 1 aromatic rings. The van der Waals surface area contributed by atoms with Crippen LogP contribution in [0.15, 0.2) is 12.1 Å². The average Bonchev–Trinajstić information content (AvgIpc) is 2.96. The fourth-order valence-electron chi connectivity index (χ4n) is 6.65. The number of esters is 1. The first-order valence-corrected chi connectivity index (χ1v) is 11.1. The Kier molecular flexibility index (Phi) is 5.43. The van der Waals surface area contributed by atoms with Crippen LogP contribution in [0.1, 0.15) is 81.4 Å². The Morgan fingerprint density at radius 1 is 1.25 bits per heavy atom. The number of fused-ring (bicyclic) bond motifs is 5. The first-order chi connectivity index (χ1) is 13.4. The maximum atomic E-state index is 11.7. The number of benzene rings is 1. The number of carbonyl (C=O) groups excluding carboxylic acids is 1. The van der Waals surface area contributed by atoms with E-state index in [1.54, 1.807) is 0 Å². The number of ether oxygens (including phenoxy) is 1. The summed E-state index contributed by atoms with van der Waals surface area (Å²) in [6, 6.07) is 3.88. The number of hydrogen-bond acceptors (Lipinski definition) is 4. The molecule has 0 unspecified atom stereocenters. The Morgan fingerprint density at radius 3 is 2.86 bits per heavy atom. The molecule has 0 bridgehead atoms. The highest BCUT2D eigenvalue weighted by Crippen LogP contribution is 2.61.